The molecule has 0 aliphatic heterocycles. The highest BCUT2D eigenvalue weighted by Gasteiger charge is 2.41. The Morgan fingerprint density at radius 1 is 0.369 bits per heavy atom. The van der Waals surface area contributed by atoms with Gasteiger partial charge in [-0.1, -0.05) is 221 Å². The van der Waals surface area contributed by atoms with E-state index in [9.17, 15) is 0 Å². The summed E-state index contributed by atoms with van der Waals surface area (Å²) in [4.78, 5) is 2.51. The number of benzene rings is 10. The molecule has 11 rings (SSSR count). The number of nitrogens with zero attached hydrogens (tertiary/aromatic N) is 1. The summed E-state index contributed by atoms with van der Waals surface area (Å²) in [5.41, 5.74) is 20.4. The van der Waals surface area contributed by atoms with Gasteiger partial charge in [-0.2, -0.15) is 0 Å². The average molecular weight is 834 g/mol. The first kappa shape index (κ1) is 40.1. The van der Waals surface area contributed by atoms with Crippen LogP contribution in [0.25, 0.3) is 66.4 Å². The summed E-state index contributed by atoms with van der Waals surface area (Å²) in [6.45, 7) is 9.23. The fraction of sp³-hybridized carbons (Fsp3) is 0.0938. The number of fused-ring (bicyclic) bond motifs is 4. The number of hydrogen-bond acceptors (Lipinski definition) is 1. The van der Waals surface area contributed by atoms with Crippen LogP contribution in [-0.2, 0) is 10.8 Å². The van der Waals surface area contributed by atoms with Crippen molar-refractivity contribution in [3.63, 3.8) is 0 Å². The third-order valence-electron chi connectivity index (χ3n) is 13.7. The molecule has 0 radical (unpaired) electrons. The highest BCUT2D eigenvalue weighted by molar-refractivity contribution is 6.06. The van der Waals surface area contributed by atoms with E-state index < -0.39 is 0 Å². The van der Waals surface area contributed by atoms with E-state index in [1.54, 1.807) is 0 Å². The van der Waals surface area contributed by atoms with E-state index in [4.69, 9.17) is 0 Å². The van der Waals surface area contributed by atoms with Crippen LogP contribution in [-0.4, -0.2) is 0 Å². The SMILES string of the molecule is CC(C)(C)c1ccc(-c2ccc(N(c3ccc4c(c3)-c3ccccc3C4(C)c3ccccc3)c3ccc4ccccc4c3-c3cccc(-c4ccccc4)c3)cc2-c2ccccc2)cc1. The number of anilines is 3. The lowest BCUT2D eigenvalue weighted by atomic mass is 9.74. The van der Waals surface area contributed by atoms with Gasteiger partial charge in [-0.3, -0.25) is 0 Å². The van der Waals surface area contributed by atoms with Gasteiger partial charge < -0.3 is 4.90 Å². The van der Waals surface area contributed by atoms with Crippen LogP contribution in [0, 0.1) is 0 Å². The van der Waals surface area contributed by atoms with Gasteiger partial charge in [0.1, 0.15) is 0 Å². The molecule has 10 aromatic rings. The van der Waals surface area contributed by atoms with Crippen LogP contribution < -0.4 is 4.90 Å². The van der Waals surface area contributed by atoms with Crippen molar-refractivity contribution in [2.24, 2.45) is 0 Å². The smallest absolute Gasteiger partial charge is 0.0546 e. The maximum atomic E-state index is 2.51. The molecule has 1 aliphatic rings. The number of hydrogen-bond donors (Lipinski definition) is 0. The molecule has 1 atom stereocenters. The lowest BCUT2D eigenvalue weighted by molar-refractivity contribution is 0.590. The minimum absolute atomic E-state index is 0.0677. The minimum atomic E-state index is -0.298. The minimum Gasteiger partial charge on any atom is -0.310 e. The maximum absolute atomic E-state index is 2.51. The fourth-order valence-electron chi connectivity index (χ4n) is 10.3. The van der Waals surface area contributed by atoms with Gasteiger partial charge in [-0.25, -0.2) is 0 Å². The Morgan fingerprint density at radius 2 is 0.938 bits per heavy atom. The second-order valence-corrected chi connectivity index (χ2v) is 18.7. The van der Waals surface area contributed by atoms with Gasteiger partial charge >= 0.3 is 0 Å². The van der Waals surface area contributed by atoms with E-state index in [0.717, 1.165) is 17.1 Å². The van der Waals surface area contributed by atoms with Crippen LogP contribution in [0.15, 0.2) is 237 Å². The molecule has 0 spiro atoms. The maximum Gasteiger partial charge on any atom is 0.0546 e. The highest BCUT2D eigenvalue weighted by Crippen LogP contribution is 2.55. The highest BCUT2D eigenvalue weighted by atomic mass is 15.1. The van der Waals surface area contributed by atoms with Gasteiger partial charge in [0, 0.05) is 22.4 Å². The monoisotopic (exact) mass is 833 g/mol. The second kappa shape index (κ2) is 16.1. The van der Waals surface area contributed by atoms with Crippen molar-refractivity contribution in [3.8, 4) is 55.6 Å². The molecule has 0 aromatic heterocycles. The van der Waals surface area contributed by atoms with Gasteiger partial charge in [-0.05, 0) is 132 Å². The van der Waals surface area contributed by atoms with Crippen molar-refractivity contribution in [2.75, 3.05) is 4.90 Å². The normalized spacial score (nSPS) is 14.2. The molecule has 0 amide bonds. The molecular weight excluding hydrogens is 783 g/mol. The molecule has 1 nitrogen and oxygen atoms in total. The van der Waals surface area contributed by atoms with Gasteiger partial charge in [0.15, 0.2) is 0 Å². The molecule has 65 heavy (non-hydrogen) atoms. The lowest BCUT2D eigenvalue weighted by Crippen LogP contribution is -2.22. The largest absolute Gasteiger partial charge is 0.310 e. The standard InChI is InChI=1S/C64H51N/c1-63(2,3)50-34-31-47(32-35-50)54-38-36-52(42-57(54)45-21-10-6-11-22-45)65(53-37-39-60-58(43-53)56-29-16-17-30-59(56)64(60,4)51-26-12-7-13-27-51)61-40-33-46-23-14-15-28-55(46)62(61)49-25-18-24-48(41-49)44-19-8-5-9-20-44/h5-43H,1-4H3. The van der Waals surface area contributed by atoms with E-state index in [-0.39, 0.29) is 10.8 Å². The molecule has 0 bridgehead atoms. The summed E-state index contributed by atoms with van der Waals surface area (Å²) in [6, 6.07) is 87.6. The van der Waals surface area contributed by atoms with Crippen molar-refractivity contribution in [2.45, 2.75) is 38.5 Å². The van der Waals surface area contributed by atoms with Crippen molar-refractivity contribution in [1.82, 2.24) is 0 Å². The van der Waals surface area contributed by atoms with Crippen LogP contribution in [0.4, 0.5) is 17.1 Å². The average Bonchev–Trinajstić information content (AvgIpc) is 3.62. The Hall–Kier alpha value is -7.74. The summed E-state index contributed by atoms with van der Waals surface area (Å²) in [6.07, 6.45) is 0. The molecule has 0 saturated heterocycles. The molecule has 1 aliphatic carbocycles. The Kier molecular flexibility index (Phi) is 9.93. The molecule has 0 heterocycles. The van der Waals surface area contributed by atoms with E-state index in [0.29, 0.717) is 0 Å². The van der Waals surface area contributed by atoms with Gasteiger partial charge in [0.2, 0.25) is 0 Å². The van der Waals surface area contributed by atoms with E-state index in [1.165, 1.54) is 88.7 Å². The van der Waals surface area contributed by atoms with Crippen molar-refractivity contribution in [1.29, 1.82) is 0 Å². The zero-order valence-corrected chi connectivity index (χ0v) is 37.5. The summed E-state index contributed by atoms with van der Waals surface area (Å²) in [5, 5.41) is 2.42. The molecule has 1 heteroatoms. The van der Waals surface area contributed by atoms with Crippen LogP contribution in [0.3, 0.4) is 0 Å². The Bertz CT molecular complexity index is 3340. The summed E-state index contributed by atoms with van der Waals surface area (Å²) in [5.74, 6) is 0. The third-order valence-corrected chi connectivity index (χ3v) is 13.7. The predicted molar refractivity (Wildman–Crippen MR) is 277 cm³/mol. The van der Waals surface area contributed by atoms with Crippen LogP contribution in [0.1, 0.15) is 49.9 Å². The van der Waals surface area contributed by atoms with Crippen molar-refractivity contribution < 1.29 is 0 Å². The molecular formula is C64H51N. The molecule has 1 unspecified atom stereocenters. The summed E-state index contributed by atoms with van der Waals surface area (Å²) in [7, 11) is 0. The van der Waals surface area contributed by atoms with E-state index >= 15 is 0 Å². The topological polar surface area (TPSA) is 3.24 Å². The summed E-state index contributed by atoms with van der Waals surface area (Å²) < 4.78 is 0. The van der Waals surface area contributed by atoms with Crippen LogP contribution >= 0.6 is 0 Å². The van der Waals surface area contributed by atoms with E-state index in [2.05, 4.69) is 269 Å². The van der Waals surface area contributed by atoms with Gasteiger partial charge in [0.05, 0.1) is 5.69 Å². The predicted octanol–water partition coefficient (Wildman–Crippen LogP) is 17.6. The first-order chi connectivity index (χ1) is 31.8. The zero-order valence-electron chi connectivity index (χ0n) is 37.5. The molecule has 0 saturated carbocycles. The first-order valence-electron chi connectivity index (χ1n) is 22.8. The molecule has 0 N–H and O–H groups in total. The quantitative estimate of drug-likeness (QED) is 0.147. The first-order valence-corrected chi connectivity index (χ1v) is 22.8. The van der Waals surface area contributed by atoms with Crippen molar-refractivity contribution in [3.05, 3.63) is 259 Å². The molecule has 312 valence electrons. The molecule has 0 fully saturated rings. The summed E-state index contributed by atoms with van der Waals surface area (Å²) >= 11 is 0. The van der Waals surface area contributed by atoms with E-state index in [1.807, 2.05) is 0 Å². The van der Waals surface area contributed by atoms with Gasteiger partial charge in [-0.15, -0.1) is 0 Å². The Morgan fingerprint density at radius 3 is 1.68 bits per heavy atom. The van der Waals surface area contributed by atoms with Crippen LogP contribution in [0.5, 0.6) is 0 Å². The number of rotatable bonds is 8. The molecule has 10 aromatic carbocycles. The Balaban J connectivity index is 1.18. The van der Waals surface area contributed by atoms with Gasteiger partial charge in [0.25, 0.3) is 0 Å². The third kappa shape index (κ3) is 7.05. The van der Waals surface area contributed by atoms with Crippen LogP contribution in [0.2, 0.25) is 0 Å². The fourth-order valence-corrected chi connectivity index (χ4v) is 10.3. The Labute approximate surface area is 384 Å². The van der Waals surface area contributed by atoms with Crippen molar-refractivity contribution >= 4 is 27.8 Å². The second-order valence-electron chi connectivity index (χ2n) is 18.7. The zero-order chi connectivity index (χ0) is 44.1. The lowest BCUT2D eigenvalue weighted by Gasteiger charge is -2.31.